The maximum Gasteiger partial charge on any atom is 0.252 e. The summed E-state index contributed by atoms with van der Waals surface area (Å²) in [5, 5.41) is 13.3. The first-order valence-electron chi connectivity index (χ1n) is 5.54. The molecule has 1 aromatic rings. The molecule has 1 aliphatic rings. The topological polar surface area (TPSA) is 58.6 Å². The van der Waals surface area contributed by atoms with Crippen LogP contribution in [0.1, 0.15) is 16.8 Å². The number of aliphatic hydroxyl groups is 1. The SMILES string of the molecule is O=C(NCC1(O)CCOC1)c1cc(Cl)ccc1I. The zero-order valence-corrected chi connectivity index (χ0v) is 12.5. The second-order valence-corrected chi connectivity index (χ2v) is 5.93. The van der Waals surface area contributed by atoms with Crippen molar-refractivity contribution in [2.75, 3.05) is 19.8 Å². The Labute approximate surface area is 124 Å². The lowest BCUT2D eigenvalue weighted by Crippen LogP contribution is -2.43. The van der Waals surface area contributed by atoms with E-state index in [0.717, 1.165) is 3.57 Å². The van der Waals surface area contributed by atoms with E-state index >= 15 is 0 Å². The summed E-state index contributed by atoms with van der Waals surface area (Å²) in [5.41, 5.74) is -0.426. The second kappa shape index (κ2) is 5.73. The molecule has 2 rings (SSSR count). The van der Waals surface area contributed by atoms with Gasteiger partial charge in [0.1, 0.15) is 5.60 Å². The molecule has 98 valence electrons. The average molecular weight is 382 g/mol. The number of hydrogen-bond donors (Lipinski definition) is 2. The normalized spacial score (nSPS) is 23.1. The van der Waals surface area contributed by atoms with Gasteiger partial charge in [-0.05, 0) is 40.8 Å². The van der Waals surface area contributed by atoms with Crippen molar-refractivity contribution < 1.29 is 14.6 Å². The number of ether oxygens (including phenoxy) is 1. The van der Waals surface area contributed by atoms with E-state index < -0.39 is 5.60 Å². The van der Waals surface area contributed by atoms with Gasteiger partial charge in [0.2, 0.25) is 0 Å². The van der Waals surface area contributed by atoms with Crippen LogP contribution >= 0.6 is 34.2 Å². The van der Waals surface area contributed by atoms with Gasteiger partial charge in [0.25, 0.3) is 5.91 Å². The summed E-state index contributed by atoms with van der Waals surface area (Å²) >= 11 is 7.94. The molecule has 0 aromatic heterocycles. The van der Waals surface area contributed by atoms with Crippen molar-refractivity contribution in [3.05, 3.63) is 32.4 Å². The van der Waals surface area contributed by atoms with Gasteiger partial charge >= 0.3 is 0 Å². The van der Waals surface area contributed by atoms with Crippen LogP contribution in [0.25, 0.3) is 0 Å². The quantitative estimate of drug-likeness (QED) is 0.786. The first-order valence-corrected chi connectivity index (χ1v) is 6.99. The van der Waals surface area contributed by atoms with Gasteiger partial charge in [-0.15, -0.1) is 0 Å². The summed E-state index contributed by atoms with van der Waals surface area (Å²) in [6.07, 6.45) is 0.542. The largest absolute Gasteiger partial charge is 0.386 e. The number of amides is 1. The zero-order chi connectivity index (χ0) is 13.2. The fraction of sp³-hybridized carbons (Fsp3) is 0.417. The summed E-state index contributed by atoms with van der Waals surface area (Å²) in [6.45, 7) is 0.982. The smallest absolute Gasteiger partial charge is 0.252 e. The molecule has 1 unspecified atom stereocenters. The van der Waals surface area contributed by atoms with Crippen LogP contribution in [0.5, 0.6) is 0 Å². The molecule has 0 radical (unpaired) electrons. The Kier molecular flexibility index (Phi) is 4.47. The van der Waals surface area contributed by atoms with Crippen molar-refractivity contribution in [1.29, 1.82) is 0 Å². The van der Waals surface area contributed by atoms with Crippen LogP contribution in [0, 0.1) is 3.57 Å². The maximum absolute atomic E-state index is 12.0. The van der Waals surface area contributed by atoms with Crippen LogP contribution < -0.4 is 5.32 Å². The first kappa shape index (κ1) is 14.0. The molecule has 2 N–H and O–H groups in total. The molecule has 6 heteroatoms. The summed E-state index contributed by atoms with van der Waals surface area (Å²) in [5.74, 6) is -0.234. The van der Waals surface area contributed by atoms with Gasteiger partial charge in [0.15, 0.2) is 0 Å². The van der Waals surface area contributed by atoms with Crippen molar-refractivity contribution in [3.63, 3.8) is 0 Å². The van der Waals surface area contributed by atoms with Gasteiger partial charge in [0, 0.05) is 28.2 Å². The molecule has 1 atom stereocenters. The third kappa shape index (κ3) is 3.34. The van der Waals surface area contributed by atoms with Gasteiger partial charge < -0.3 is 15.2 Å². The van der Waals surface area contributed by atoms with Crippen LogP contribution in [-0.2, 0) is 4.74 Å². The van der Waals surface area contributed by atoms with Crippen molar-refractivity contribution in [2.24, 2.45) is 0 Å². The summed E-state index contributed by atoms with van der Waals surface area (Å²) < 4.78 is 5.94. The molecule has 1 saturated heterocycles. The van der Waals surface area contributed by atoms with Crippen LogP contribution in [0.2, 0.25) is 5.02 Å². The number of hydrogen-bond acceptors (Lipinski definition) is 3. The molecule has 18 heavy (non-hydrogen) atoms. The Bertz CT molecular complexity index is 461. The number of rotatable bonds is 3. The highest BCUT2D eigenvalue weighted by Crippen LogP contribution is 2.19. The molecular formula is C12H13ClINO3. The third-order valence-corrected chi connectivity index (χ3v) is 4.01. The van der Waals surface area contributed by atoms with Crippen molar-refractivity contribution >= 4 is 40.1 Å². The minimum Gasteiger partial charge on any atom is -0.386 e. The molecule has 0 spiro atoms. The highest BCUT2D eigenvalue weighted by Gasteiger charge is 2.32. The number of nitrogens with one attached hydrogen (secondary N) is 1. The number of carbonyl (C=O) groups is 1. The molecule has 1 aliphatic heterocycles. The van der Waals surface area contributed by atoms with E-state index in [-0.39, 0.29) is 19.1 Å². The Morgan fingerprint density at radius 1 is 1.61 bits per heavy atom. The molecule has 1 heterocycles. The molecule has 0 aliphatic carbocycles. The van der Waals surface area contributed by atoms with E-state index in [1.807, 2.05) is 0 Å². The number of benzene rings is 1. The van der Waals surface area contributed by atoms with Gasteiger partial charge in [-0.1, -0.05) is 11.6 Å². The predicted molar refractivity (Wildman–Crippen MR) is 76.9 cm³/mol. The lowest BCUT2D eigenvalue weighted by atomic mass is 10.0. The van der Waals surface area contributed by atoms with E-state index in [1.54, 1.807) is 18.2 Å². The molecule has 1 aromatic carbocycles. The Balaban J connectivity index is 2.01. The molecule has 4 nitrogen and oxygen atoms in total. The van der Waals surface area contributed by atoms with E-state index in [9.17, 15) is 9.90 Å². The van der Waals surface area contributed by atoms with Crippen LogP contribution in [0.4, 0.5) is 0 Å². The molecule has 1 amide bonds. The summed E-state index contributed by atoms with van der Waals surface area (Å²) in [6, 6.07) is 5.14. The number of carbonyl (C=O) groups excluding carboxylic acids is 1. The van der Waals surface area contributed by atoms with Gasteiger partial charge in [-0.3, -0.25) is 4.79 Å². The van der Waals surface area contributed by atoms with Crippen LogP contribution in [-0.4, -0.2) is 36.4 Å². The standard InChI is InChI=1S/C12H13ClINO3/c13-8-1-2-10(14)9(5-8)11(16)15-6-12(17)3-4-18-7-12/h1-2,5,17H,3-4,6-7H2,(H,15,16). The Hall–Kier alpha value is -0.370. The van der Waals surface area contributed by atoms with E-state index in [4.69, 9.17) is 16.3 Å². The Morgan fingerprint density at radius 2 is 2.39 bits per heavy atom. The molecular weight excluding hydrogens is 368 g/mol. The van der Waals surface area contributed by atoms with Crippen LogP contribution in [0.3, 0.4) is 0 Å². The van der Waals surface area contributed by atoms with E-state index in [0.29, 0.717) is 23.6 Å². The zero-order valence-electron chi connectivity index (χ0n) is 9.58. The minimum absolute atomic E-state index is 0.189. The second-order valence-electron chi connectivity index (χ2n) is 4.33. The van der Waals surface area contributed by atoms with Gasteiger partial charge in [0.05, 0.1) is 12.2 Å². The molecule has 0 bridgehead atoms. The van der Waals surface area contributed by atoms with Gasteiger partial charge in [-0.2, -0.15) is 0 Å². The Morgan fingerprint density at radius 3 is 3.06 bits per heavy atom. The fourth-order valence-electron chi connectivity index (χ4n) is 1.75. The monoisotopic (exact) mass is 381 g/mol. The lowest BCUT2D eigenvalue weighted by Gasteiger charge is -2.20. The van der Waals surface area contributed by atoms with Crippen molar-refractivity contribution in [3.8, 4) is 0 Å². The van der Waals surface area contributed by atoms with Crippen LogP contribution in [0.15, 0.2) is 18.2 Å². The maximum atomic E-state index is 12.0. The predicted octanol–water partition coefficient (Wildman–Crippen LogP) is 1.83. The highest BCUT2D eigenvalue weighted by atomic mass is 127. The van der Waals surface area contributed by atoms with Crippen molar-refractivity contribution in [2.45, 2.75) is 12.0 Å². The van der Waals surface area contributed by atoms with E-state index in [2.05, 4.69) is 27.9 Å². The lowest BCUT2D eigenvalue weighted by molar-refractivity contribution is 0.0264. The first-order chi connectivity index (χ1) is 8.50. The third-order valence-electron chi connectivity index (χ3n) is 2.83. The molecule has 0 saturated carbocycles. The highest BCUT2D eigenvalue weighted by molar-refractivity contribution is 14.1. The van der Waals surface area contributed by atoms with Crippen molar-refractivity contribution in [1.82, 2.24) is 5.32 Å². The number of halogens is 2. The fourth-order valence-corrected chi connectivity index (χ4v) is 2.50. The summed E-state index contributed by atoms with van der Waals surface area (Å²) in [4.78, 5) is 12.0. The average Bonchev–Trinajstić information content (AvgIpc) is 2.77. The summed E-state index contributed by atoms with van der Waals surface area (Å²) in [7, 11) is 0. The molecule has 1 fully saturated rings. The van der Waals surface area contributed by atoms with Gasteiger partial charge in [-0.25, -0.2) is 0 Å². The van der Waals surface area contributed by atoms with E-state index in [1.165, 1.54) is 0 Å². The minimum atomic E-state index is -0.945.